The summed E-state index contributed by atoms with van der Waals surface area (Å²) in [6, 6.07) is 56.1. The zero-order valence-corrected chi connectivity index (χ0v) is 80.7. The maximum atomic E-state index is 12.9. The number of fused-ring (bicyclic) bond motifs is 10. The van der Waals surface area contributed by atoms with Crippen molar-refractivity contribution in [1.82, 2.24) is 120 Å². The number of rotatable bonds is 12. The molecular formula is C111H111N25O5. The number of hydrogen-bond donors (Lipinski definition) is 1. The lowest BCUT2D eigenvalue weighted by atomic mass is 9.90. The van der Waals surface area contributed by atoms with Gasteiger partial charge in [-0.15, -0.1) is 0 Å². The first-order valence-electron chi connectivity index (χ1n) is 48.5. The summed E-state index contributed by atoms with van der Waals surface area (Å²) in [4.78, 5) is 102. The molecule has 30 heteroatoms. The van der Waals surface area contributed by atoms with Gasteiger partial charge in [-0.2, -0.15) is 20.4 Å². The van der Waals surface area contributed by atoms with Gasteiger partial charge in [-0.1, -0.05) is 68.5 Å². The fourth-order valence-corrected chi connectivity index (χ4v) is 20.0. The van der Waals surface area contributed by atoms with Gasteiger partial charge in [0.05, 0.1) is 62.4 Å². The zero-order chi connectivity index (χ0) is 96.8. The van der Waals surface area contributed by atoms with Crippen LogP contribution in [-0.4, -0.2) is 208 Å². The Bertz CT molecular complexity index is 8680. The SMILES string of the molecule is CCN1CC=C(c2ccc3nc(-c4ccc5nn(C)cc5c4)cc(=O)n3c2)CC1.CCN1CCC(c2ccc3nc(-c4ccc5nc(C)cn5c4)cc(=O)n3c2)CC1.CN1CC=C(c2ccc3nc(-c4ccc5nn(C)cc5c4)cc(=O)n3c2)CC1.CN1CCC(c2ccc3nc(-c4ccc5c(cnn5C)c4)cc(=O)n3c2)CC1.Cn1cc2cc(-c3cc(=O)n4cc(C5=CCNCC5)ccc4n3)ccc2n1. The van der Waals surface area contributed by atoms with E-state index in [2.05, 4.69) is 121 Å². The molecule has 16 aromatic heterocycles. The lowest BCUT2D eigenvalue weighted by Gasteiger charge is -2.31. The number of piperidine rings is 2. The highest BCUT2D eigenvalue weighted by molar-refractivity contribution is 5.88. The number of hydrogen-bond acceptors (Lipinski definition) is 20. The monoisotopic (exact) mass is 1870 g/mol. The first-order chi connectivity index (χ1) is 68.5. The van der Waals surface area contributed by atoms with Crippen LogP contribution < -0.4 is 33.1 Å². The molecule has 0 aliphatic carbocycles. The summed E-state index contributed by atoms with van der Waals surface area (Å²) in [6.07, 6.45) is 35.6. The molecule has 0 saturated carbocycles. The van der Waals surface area contributed by atoms with Crippen molar-refractivity contribution >= 4 is 94.2 Å². The summed E-state index contributed by atoms with van der Waals surface area (Å²) < 4.78 is 17.5. The van der Waals surface area contributed by atoms with E-state index in [0.717, 1.165) is 223 Å². The smallest absolute Gasteiger partial charge is 0.258 e. The molecule has 25 rings (SSSR count). The minimum Gasteiger partial charge on any atom is -0.313 e. The molecule has 0 spiro atoms. The second kappa shape index (κ2) is 39.3. The van der Waals surface area contributed by atoms with Crippen molar-refractivity contribution in [3.63, 3.8) is 0 Å². The van der Waals surface area contributed by atoms with Crippen LogP contribution in [0.1, 0.15) is 104 Å². The molecule has 5 aliphatic heterocycles. The molecule has 141 heavy (non-hydrogen) atoms. The van der Waals surface area contributed by atoms with Crippen molar-refractivity contribution in [1.29, 1.82) is 0 Å². The van der Waals surface area contributed by atoms with Gasteiger partial charge in [-0.25, -0.2) is 29.9 Å². The van der Waals surface area contributed by atoms with Crippen LogP contribution in [0, 0.1) is 6.92 Å². The maximum Gasteiger partial charge on any atom is 0.258 e. The molecule has 0 unspecified atom stereocenters. The zero-order valence-electron chi connectivity index (χ0n) is 80.7. The molecule has 0 amide bonds. The molecular weight excluding hydrogens is 1760 g/mol. The van der Waals surface area contributed by atoms with Crippen molar-refractivity contribution in [3.05, 3.63) is 348 Å². The summed E-state index contributed by atoms with van der Waals surface area (Å²) in [6.45, 7) is 18.8. The van der Waals surface area contributed by atoms with Gasteiger partial charge in [0.25, 0.3) is 27.8 Å². The molecule has 5 aliphatic rings. The van der Waals surface area contributed by atoms with E-state index in [0.29, 0.717) is 68.5 Å². The van der Waals surface area contributed by atoms with Gasteiger partial charge in [0.15, 0.2) is 0 Å². The molecule has 4 aromatic carbocycles. The van der Waals surface area contributed by atoms with Gasteiger partial charge in [-0.3, -0.25) is 69.6 Å². The Morgan fingerprint density at radius 2 is 0.723 bits per heavy atom. The molecule has 0 radical (unpaired) electrons. The topological polar surface area (TPSA) is 285 Å². The van der Waals surface area contributed by atoms with E-state index in [1.165, 1.54) is 27.8 Å². The largest absolute Gasteiger partial charge is 0.313 e. The highest BCUT2D eigenvalue weighted by atomic mass is 16.1. The molecule has 21 heterocycles. The number of benzene rings is 4. The molecule has 0 bridgehead atoms. The number of imidazole rings is 1. The molecule has 2 saturated heterocycles. The van der Waals surface area contributed by atoms with E-state index >= 15 is 0 Å². The number of nitrogens with zero attached hydrogens (tertiary/aromatic N) is 24. The van der Waals surface area contributed by atoms with Gasteiger partial charge >= 0.3 is 0 Å². The molecule has 2 fully saturated rings. The van der Waals surface area contributed by atoms with Gasteiger partial charge in [0.1, 0.15) is 33.9 Å². The van der Waals surface area contributed by atoms with E-state index in [1.807, 2.05) is 234 Å². The van der Waals surface area contributed by atoms with Gasteiger partial charge < -0.3 is 24.4 Å². The van der Waals surface area contributed by atoms with Crippen LogP contribution in [-0.2, 0) is 28.2 Å². The number of likely N-dealkylation sites (N-methyl/N-ethyl adjacent to an activating group) is 2. The Hall–Kier alpha value is -15.7. The van der Waals surface area contributed by atoms with Crippen LogP contribution in [0.4, 0.5) is 0 Å². The average Bonchev–Trinajstić information content (AvgIpc) is 1.65. The quantitative estimate of drug-likeness (QED) is 0.119. The van der Waals surface area contributed by atoms with Crippen LogP contribution in [0.3, 0.4) is 0 Å². The van der Waals surface area contributed by atoms with Gasteiger partial charge in [0, 0.05) is 203 Å². The number of likely N-dealkylation sites (tertiary alicyclic amines) is 2. The second-order valence-corrected chi connectivity index (χ2v) is 37.6. The molecule has 710 valence electrons. The van der Waals surface area contributed by atoms with Gasteiger partial charge in [0.2, 0.25) is 0 Å². The third-order valence-electron chi connectivity index (χ3n) is 28.0. The van der Waals surface area contributed by atoms with Crippen molar-refractivity contribution in [2.45, 2.75) is 77.6 Å². The van der Waals surface area contributed by atoms with Crippen LogP contribution in [0.25, 0.3) is 151 Å². The fourth-order valence-electron chi connectivity index (χ4n) is 20.0. The summed E-state index contributed by atoms with van der Waals surface area (Å²) in [5.74, 6) is 1.03. The van der Waals surface area contributed by atoms with Crippen molar-refractivity contribution in [2.75, 3.05) is 92.6 Å². The summed E-state index contributed by atoms with van der Waals surface area (Å²) in [7, 11) is 11.9. The minimum absolute atomic E-state index is 0.0407. The third kappa shape index (κ3) is 19.7. The Balaban J connectivity index is 0.000000104. The Morgan fingerprint density at radius 1 is 0.333 bits per heavy atom. The number of aromatic nitrogens is 20. The van der Waals surface area contributed by atoms with E-state index in [9.17, 15) is 24.0 Å². The predicted molar refractivity (Wildman–Crippen MR) is 559 cm³/mol. The van der Waals surface area contributed by atoms with Crippen LogP contribution in [0.5, 0.6) is 0 Å². The highest BCUT2D eigenvalue weighted by Crippen LogP contribution is 2.35. The van der Waals surface area contributed by atoms with E-state index in [-0.39, 0.29) is 27.8 Å². The lowest BCUT2D eigenvalue weighted by Crippen LogP contribution is -2.32. The Labute approximate surface area is 812 Å². The number of pyridine rings is 6. The summed E-state index contributed by atoms with van der Waals surface area (Å²) >= 11 is 0. The molecule has 30 nitrogen and oxygen atoms in total. The summed E-state index contributed by atoms with van der Waals surface area (Å²) in [5.41, 5.74) is 26.4. The first kappa shape index (κ1) is 91.7. The van der Waals surface area contributed by atoms with Crippen molar-refractivity contribution in [2.24, 2.45) is 28.2 Å². The summed E-state index contributed by atoms with van der Waals surface area (Å²) in [5, 5.41) is 24.9. The number of nitrogens with one attached hydrogen (secondary N) is 1. The van der Waals surface area contributed by atoms with Crippen molar-refractivity contribution in [3.8, 4) is 56.3 Å². The predicted octanol–water partition coefficient (Wildman–Crippen LogP) is 15.5. The van der Waals surface area contributed by atoms with Crippen LogP contribution >= 0.6 is 0 Å². The highest BCUT2D eigenvalue weighted by Gasteiger charge is 2.25. The van der Waals surface area contributed by atoms with E-state index in [1.54, 1.807) is 66.4 Å². The maximum absolute atomic E-state index is 12.9. The third-order valence-corrected chi connectivity index (χ3v) is 28.0. The number of aryl methyl sites for hydroxylation is 5. The lowest BCUT2D eigenvalue weighted by molar-refractivity contribution is 0.222. The fraction of sp³-hybridized carbons (Fsp3) is 0.270. The normalized spacial score (nSPS) is 15.5. The van der Waals surface area contributed by atoms with E-state index in [4.69, 9.17) is 24.9 Å². The molecule has 1 N–H and O–H groups in total. The molecule has 0 atom stereocenters. The van der Waals surface area contributed by atoms with Gasteiger partial charge in [-0.05, 0) is 277 Å². The second-order valence-electron chi connectivity index (χ2n) is 37.6. The molecule has 20 aromatic rings. The standard InChI is InChI=1S/C23H25N5O.C23H23N5O.C22H23N5O.C22H21N5O.C21H19N5O/c1-3-26-10-8-17(9-11-26)18-4-7-22-25-20(12-23(29)28(22)15-18)19-5-6-21-24-16(2)13-27(21)14-19;1-3-27-10-8-16(9-11-27)18-5-7-22-24-21(13-23(29)28(22)15-18)17-4-6-20-19(12-17)14-26(2)25-20;1-25-9-7-15(8-10-25)17-4-6-21-24-19(12-22(28)27(21)14-17)16-3-5-20-18(11-16)13-23-26(20)2;1-25-9-7-15(8-10-25)17-4-6-21-23-20(12-22(28)27(21)14-17)16-3-5-19-18(11-16)13-26(2)24-19;1-25-12-17-10-15(2-4-18(17)24-25)19-11-21(27)26-13-16(3-5-20(26)23-19)14-6-8-22-9-7-14/h4-7,12-15,17H,3,8-11H2,1-2H3;4-8,12-15H,3,9-11H2,1-2H3;3-6,11-15H,7-10H2,1-2H3;3-7,11-14H,8-10H2,1-2H3;2-6,10-13,22H,7-9H2,1H3. The average molecular weight is 1880 g/mol. The Kier molecular flexibility index (Phi) is 25.5. The van der Waals surface area contributed by atoms with Crippen LogP contribution in [0.15, 0.2) is 286 Å². The van der Waals surface area contributed by atoms with Crippen LogP contribution in [0.2, 0.25) is 0 Å². The first-order valence-corrected chi connectivity index (χ1v) is 48.5. The Morgan fingerprint density at radius 3 is 1.15 bits per heavy atom. The van der Waals surface area contributed by atoms with E-state index < -0.39 is 0 Å². The van der Waals surface area contributed by atoms with Crippen molar-refractivity contribution < 1.29 is 0 Å². The minimum atomic E-state index is -0.0716.